The first-order chi connectivity index (χ1) is 30.8. The molecule has 10 atom stereocenters. The first-order valence-corrected chi connectivity index (χ1v) is 21.8. The van der Waals surface area contributed by atoms with E-state index in [0.717, 1.165) is 5.56 Å². The molecule has 5 aromatic carbocycles. The number of carbonyl (C=O) groups excluding carboxylic acids is 4. The topological polar surface area (TPSA) is 151 Å². The highest BCUT2D eigenvalue weighted by molar-refractivity contribution is 7.99. The van der Waals surface area contributed by atoms with Crippen molar-refractivity contribution in [3.63, 3.8) is 0 Å². The highest BCUT2D eigenvalue weighted by atomic mass is 32.2. The van der Waals surface area contributed by atoms with Gasteiger partial charge < -0.3 is 42.6 Å². The molecule has 63 heavy (non-hydrogen) atoms. The van der Waals surface area contributed by atoms with Crippen LogP contribution in [-0.2, 0) is 42.6 Å². The van der Waals surface area contributed by atoms with E-state index in [1.807, 2.05) is 37.3 Å². The van der Waals surface area contributed by atoms with Crippen molar-refractivity contribution in [3.8, 4) is 0 Å². The SMILES string of the molecule is CCS[C@@H]1OC(COC(=O)c2ccccc2)[C@@H](O[C@H]2C[C@@H](OC(=O)c3ccccc3)[C@@H]3OC(c4ccccc4)OCC3O2)C(OC(=O)c2ccccc2)[C@@H]1OC(=O)c1ccccc1. The van der Waals surface area contributed by atoms with Crippen LogP contribution in [0.1, 0.15) is 66.6 Å². The molecule has 0 radical (unpaired) electrons. The van der Waals surface area contributed by atoms with Crippen LogP contribution in [0.15, 0.2) is 152 Å². The minimum atomic E-state index is -1.35. The average molecular weight is 875 g/mol. The monoisotopic (exact) mass is 874 g/mol. The summed E-state index contributed by atoms with van der Waals surface area (Å²) >= 11 is 1.32. The fourth-order valence-electron chi connectivity index (χ4n) is 7.59. The second kappa shape index (κ2) is 21.0. The maximum absolute atomic E-state index is 14.0. The summed E-state index contributed by atoms with van der Waals surface area (Å²) in [5.74, 6) is -2.10. The summed E-state index contributed by atoms with van der Waals surface area (Å²) < 4.78 is 57.2. The molecule has 0 saturated carbocycles. The Labute approximate surface area is 368 Å². The Morgan fingerprint density at radius 3 is 1.60 bits per heavy atom. The van der Waals surface area contributed by atoms with E-state index in [1.165, 1.54) is 11.8 Å². The maximum Gasteiger partial charge on any atom is 0.338 e. The zero-order chi connectivity index (χ0) is 43.5. The average Bonchev–Trinajstić information content (AvgIpc) is 3.33. The van der Waals surface area contributed by atoms with Gasteiger partial charge in [-0.2, -0.15) is 0 Å². The van der Waals surface area contributed by atoms with Crippen LogP contribution in [0.4, 0.5) is 0 Å². The molecule has 0 aromatic heterocycles. The van der Waals surface area contributed by atoms with E-state index in [0.29, 0.717) is 16.9 Å². The van der Waals surface area contributed by atoms with Crippen molar-refractivity contribution < 1.29 is 61.8 Å². The smallest absolute Gasteiger partial charge is 0.338 e. The van der Waals surface area contributed by atoms with Crippen molar-refractivity contribution in [2.45, 2.75) is 74.1 Å². The molecule has 14 heteroatoms. The van der Waals surface area contributed by atoms with Gasteiger partial charge >= 0.3 is 23.9 Å². The van der Waals surface area contributed by atoms with Gasteiger partial charge in [-0.1, -0.05) is 110 Å². The largest absolute Gasteiger partial charge is 0.459 e. The number of fused-ring (bicyclic) bond motifs is 1. The summed E-state index contributed by atoms with van der Waals surface area (Å²) in [6.07, 6.45) is -9.46. The zero-order valence-corrected chi connectivity index (χ0v) is 35.1. The molecule has 13 nitrogen and oxygen atoms in total. The highest BCUT2D eigenvalue weighted by Gasteiger charge is 2.54. The number of carbonyl (C=O) groups is 4. The molecule has 3 fully saturated rings. The molecule has 3 aliphatic rings. The van der Waals surface area contributed by atoms with Crippen molar-refractivity contribution in [3.05, 3.63) is 179 Å². The molecule has 5 aromatic rings. The molecule has 0 bridgehead atoms. The van der Waals surface area contributed by atoms with Gasteiger partial charge in [-0.3, -0.25) is 0 Å². The quantitative estimate of drug-likeness (QED) is 0.0795. The molecule has 0 amide bonds. The number of rotatable bonds is 14. The summed E-state index contributed by atoms with van der Waals surface area (Å²) in [4.78, 5) is 54.9. The molecular formula is C49H46O13S. The normalized spacial score (nSPS) is 26.6. The van der Waals surface area contributed by atoms with Gasteiger partial charge in [0.2, 0.25) is 0 Å². The van der Waals surface area contributed by atoms with E-state index in [9.17, 15) is 19.2 Å². The molecule has 3 heterocycles. The van der Waals surface area contributed by atoms with Crippen molar-refractivity contribution in [2.75, 3.05) is 19.0 Å². The van der Waals surface area contributed by atoms with Gasteiger partial charge in [0.05, 0.1) is 28.9 Å². The molecule has 8 rings (SSSR count). The Bertz CT molecular complexity index is 2270. The minimum Gasteiger partial charge on any atom is -0.459 e. The number of benzene rings is 5. The van der Waals surface area contributed by atoms with E-state index in [2.05, 4.69) is 0 Å². The predicted octanol–water partition coefficient (Wildman–Crippen LogP) is 7.61. The lowest BCUT2D eigenvalue weighted by Crippen LogP contribution is -2.63. The third kappa shape index (κ3) is 10.8. The van der Waals surface area contributed by atoms with E-state index in [1.54, 1.807) is 121 Å². The summed E-state index contributed by atoms with van der Waals surface area (Å²) in [5.41, 5.74) is 0.995. The van der Waals surface area contributed by atoms with Crippen molar-refractivity contribution in [2.24, 2.45) is 0 Å². The Balaban J connectivity index is 1.14. The first kappa shape index (κ1) is 43.8. The predicted molar refractivity (Wildman–Crippen MR) is 229 cm³/mol. The van der Waals surface area contributed by atoms with Crippen molar-refractivity contribution in [1.29, 1.82) is 0 Å². The standard InChI is InChI=1S/C49H46O13S/c1-2-63-49-43(61-47(53)34-24-14-6-15-25-34)42(60-46(52)33-22-12-5-13-23-33)41(38(58-49)29-54-44(50)31-18-8-3-9-19-31)59-39-28-36(57-45(51)32-20-10-4-11-21-32)40-37(56-39)30-55-48(62-40)35-26-16-7-17-27-35/h3-27,36-43,48-49H,2,28-30H2,1H3/t36-,37?,38?,39+,40+,41-,42?,43+,48?,49+/m1/s1. The van der Waals surface area contributed by atoms with E-state index in [4.69, 9.17) is 42.6 Å². The van der Waals surface area contributed by atoms with Crippen LogP contribution in [-0.4, -0.2) is 97.3 Å². The summed E-state index contributed by atoms with van der Waals surface area (Å²) in [7, 11) is 0. The summed E-state index contributed by atoms with van der Waals surface area (Å²) in [5, 5.41) is 0. The molecule has 3 aliphatic heterocycles. The molecule has 4 unspecified atom stereocenters. The van der Waals surface area contributed by atoms with Crippen molar-refractivity contribution in [1.82, 2.24) is 0 Å². The lowest BCUT2D eigenvalue weighted by Gasteiger charge is -2.48. The Kier molecular flexibility index (Phi) is 14.6. The lowest BCUT2D eigenvalue weighted by molar-refractivity contribution is -0.353. The Morgan fingerprint density at radius 2 is 1.06 bits per heavy atom. The summed E-state index contributed by atoms with van der Waals surface area (Å²) in [6.45, 7) is 1.59. The Morgan fingerprint density at radius 1 is 0.571 bits per heavy atom. The maximum atomic E-state index is 14.0. The van der Waals surface area contributed by atoms with Crippen LogP contribution in [0, 0.1) is 0 Å². The van der Waals surface area contributed by atoms with Gasteiger partial charge in [0, 0.05) is 12.0 Å². The fourth-order valence-corrected chi connectivity index (χ4v) is 8.54. The molecule has 3 saturated heterocycles. The van der Waals surface area contributed by atoms with Gasteiger partial charge in [-0.25, -0.2) is 19.2 Å². The molecule has 326 valence electrons. The Hall–Kier alpha value is -5.87. The van der Waals surface area contributed by atoms with Crippen LogP contribution < -0.4 is 0 Å². The third-order valence-electron chi connectivity index (χ3n) is 10.6. The third-order valence-corrected chi connectivity index (χ3v) is 11.7. The van der Waals surface area contributed by atoms with E-state index in [-0.39, 0.29) is 30.8 Å². The number of hydrogen-bond acceptors (Lipinski definition) is 14. The molecule has 0 spiro atoms. The van der Waals surface area contributed by atoms with E-state index >= 15 is 0 Å². The number of hydrogen-bond donors (Lipinski definition) is 0. The van der Waals surface area contributed by atoms with Gasteiger partial charge in [-0.15, -0.1) is 11.8 Å². The molecule has 0 aliphatic carbocycles. The number of thioether (sulfide) groups is 1. The zero-order valence-electron chi connectivity index (χ0n) is 34.3. The van der Waals surface area contributed by atoms with Crippen molar-refractivity contribution >= 4 is 35.6 Å². The molecular weight excluding hydrogens is 829 g/mol. The van der Waals surface area contributed by atoms with Gasteiger partial charge in [-0.05, 0) is 54.3 Å². The van der Waals surface area contributed by atoms with Crippen LogP contribution in [0.5, 0.6) is 0 Å². The van der Waals surface area contributed by atoms with Gasteiger partial charge in [0.1, 0.15) is 42.6 Å². The fraction of sp³-hybridized carbons (Fsp3) is 0.306. The summed E-state index contributed by atoms with van der Waals surface area (Å²) in [6, 6.07) is 43.2. The first-order valence-electron chi connectivity index (χ1n) is 20.7. The second-order valence-corrected chi connectivity index (χ2v) is 16.2. The highest BCUT2D eigenvalue weighted by Crippen LogP contribution is 2.40. The van der Waals surface area contributed by atoms with Gasteiger partial charge in [0.15, 0.2) is 24.8 Å². The lowest BCUT2D eigenvalue weighted by atomic mass is 9.97. The van der Waals surface area contributed by atoms with Crippen LogP contribution in [0.3, 0.4) is 0 Å². The van der Waals surface area contributed by atoms with Crippen LogP contribution >= 0.6 is 11.8 Å². The van der Waals surface area contributed by atoms with E-state index < -0.39 is 84.6 Å². The van der Waals surface area contributed by atoms with Gasteiger partial charge in [0.25, 0.3) is 0 Å². The number of esters is 4. The second-order valence-electron chi connectivity index (χ2n) is 14.9. The minimum absolute atomic E-state index is 0.0434. The molecule has 0 N–H and O–H groups in total. The van der Waals surface area contributed by atoms with Crippen LogP contribution in [0.2, 0.25) is 0 Å². The number of ether oxygens (including phenoxy) is 9. The van der Waals surface area contributed by atoms with Crippen LogP contribution in [0.25, 0.3) is 0 Å².